The number of ketones is 2. The Morgan fingerprint density at radius 3 is 2.20 bits per heavy atom. The van der Waals surface area contributed by atoms with E-state index < -0.39 is 5.97 Å². The minimum absolute atomic E-state index is 0.0356. The molecule has 8 rings (SSSR count). The first kappa shape index (κ1) is 46.6. The van der Waals surface area contributed by atoms with Crippen molar-refractivity contribution in [3.63, 3.8) is 0 Å². The summed E-state index contributed by atoms with van der Waals surface area (Å²) >= 11 is 5.55. The fourth-order valence-electron chi connectivity index (χ4n) is 16.1. The zero-order chi connectivity index (χ0) is 44.1. The van der Waals surface area contributed by atoms with Crippen molar-refractivity contribution in [3.05, 3.63) is 46.0 Å². The van der Waals surface area contributed by atoms with E-state index in [0.717, 1.165) is 38.6 Å². The lowest BCUT2D eigenvalue weighted by Gasteiger charge is -2.69. The smallest absolute Gasteiger partial charge is 0.306 e. The Morgan fingerprint density at radius 2 is 1.57 bits per heavy atom. The summed E-state index contributed by atoms with van der Waals surface area (Å²) in [6.45, 7) is 18.8. The van der Waals surface area contributed by atoms with Gasteiger partial charge in [0, 0.05) is 46.8 Å². The maximum atomic E-state index is 14.0. The Morgan fingerprint density at radius 1 is 0.885 bits per heavy atom. The third-order valence-corrected chi connectivity index (χ3v) is 19.8. The number of aldehydes is 1. The van der Waals surface area contributed by atoms with E-state index in [1.54, 1.807) is 29.8 Å². The summed E-state index contributed by atoms with van der Waals surface area (Å²) in [5.41, 5.74) is 4.40. The molecular formula is C53H79ClN2O5. The van der Waals surface area contributed by atoms with Gasteiger partial charge in [0.05, 0.1) is 5.92 Å². The van der Waals surface area contributed by atoms with E-state index in [-0.39, 0.29) is 45.0 Å². The van der Waals surface area contributed by atoms with Gasteiger partial charge in [-0.25, -0.2) is 0 Å². The number of aliphatic carboxylic acids is 1. The van der Waals surface area contributed by atoms with Gasteiger partial charge in [-0.1, -0.05) is 97.0 Å². The first-order valence-corrected chi connectivity index (χ1v) is 24.9. The molecule has 1 aromatic carbocycles. The van der Waals surface area contributed by atoms with Crippen molar-refractivity contribution < 1.29 is 24.3 Å². The summed E-state index contributed by atoms with van der Waals surface area (Å²) in [7, 11) is 2.15. The average Bonchev–Trinajstić information content (AvgIpc) is 3.53. The first-order valence-electron chi connectivity index (χ1n) is 24.5. The number of benzene rings is 1. The Kier molecular flexibility index (Phi) is 13.7. The van der Waals surface area contributed by atoms with Crippen molar-refractivity contribution in [2.45, 2.75) is 163 Å². The molecular weight excluding hydrogens is 780 g/mol. The summed E-state index contributed by atoms with van der Waals surface area (Å²) in [4.78, 5) is 49.3. The third kappa shape index (κ3) is 8.42. The Labute approximate surface area is 373 Å². The number of hydrogen-bond donors (Lipinski definition) is 3. The summed E-state index contributed by atoms with van der Waals surface area (Å²) in [6, 6.07) is 6.72. The fourth-order valence-corrected chi connectivity index (χ4v) is 16.2. The number of carboxylic acids is 1. The van der Waals surface area contributed by atoms with Crippen LogP contribution in [0.15, 0.2) is 35.4 Å². The summed E-state index contributed by atoms with van der Waals surface area (Å²) in [5.74, 6) is 2.73. The number of carbonyl (C=O) groups is 4. The molecule has 0 spiro atoms. The molecule has 0 radical (unpaired) electrons. The maximum Gasteiger partial charge on any atom is 0.306 e. The Bertz CT molecular complexity index is 1830. The predicted molar refractivity (Wildman–Crippen MR) is 246 cm³/mol. The quantitative estimate of drug-likeness (QED) is 0.142. The monoisotopic (exact) mass is 859 g/mol. The van der Waals surface area contributed by atoms with Crippen molar-refractivity contribution in [3.8, 4) is 0 Å². The largest absolute Gasteiger partial charge is 0.481 e. The van der Waals surface area contributed by atoms with E-state index in [0.29, 0.717) is 70.5 Å². The normalized spacial score (nSPS) is 38.5. The van der Waals surface area contributed by atoms with Crippen LogP contribution in [0.1, 0.15) is 168 Å². The minimum atomic E-state index is -0.741. The summed E-state index contributed by atoms with van der Waals surface area (Å²) < 4.78 is 0. The van der Waals surface area contributed by atoms with Crippen LogP contribution < -0.4 is 10.6 Å². The van der Waals surface area contributed by atoms with Crippen LogP contribution in [0.25, 0.3) is 0 Å². The van der Waals surface area contributed by atoms with Crippen LogP contribution in [0.5, 0.6) is 0 Å². The van der Waals surface area contributed by atoms with Gasteiger partial charge in [0.2, 0.25) is 0 Å². The van der Waals surface area contributed by atoms with E-state index in [1.807, 2.05) is 6.92 Å². The minimum Gasteiger partial charge on any atom is -0.481 e. The number of rotatable bonds is 12. The molecule has 8 heteroatoms. The second-order valence-corrected chi connectivity index (χ2v) is 23.3. The number of hydrogen-bond acceptors (Lipinski definition) is 6. The molecule has 338 valence electrons. The van der Waals surface area contributed by atoms with E-state index in [1.165, 1.54) is 82.6 Å². The molecule has 0 bridgehead atoms. The number of carbonyl (C=O) groups excluding carboxylic acids is 3. The molecule has 61 heavy (non-hydrogen) atoms. The van der Waals surface area contributed by atoms with E-state index in [9.17, 15) is 24.3 Å². The molecule has 7 nitrogen and oxygen atoms in total. The fraction of sp³-hybridized carbons (Fsp3) is 0.774. The van der Waals surface area contributed by atoms with Crippen LogP contribution in [-0.2, 0) is 14.4 Å². The van der Waals surface area contributed by atoms with Crippen molar-refractivity contribution in [1.29, 1.82) is 0 Å². The SMILES string of the molecule is CNC1(CNCCC23CCC4C(CCC5C4(C)CCC4C(C)(C)C(CC(=O)C6CC(C(=O)O)C6C)CCC45C)C2=C(C(C)C)C(=O)C3)CCCCC1.O=Cc1ccc(Cl)cc1. The molecule has 0 aromatic heterocycles. The Balaban J connectivity index is 0.000000554. The van der Waals surface area contributed by atoms with Gasteiger partial charge in [-0.2, -0.15) is 0 Å². The van der Waals surface area contributed by atoms with Gasteiger partial charge in [-0.05, 0) is 166 Å². The molecule has 11 unspecified atom stereocenters. The molecule has 0 aliphatic heterocycles. The zero-order valence-corrected chi connectivity index (χ0v) is 39.7. The number of nitrogens with one attached hydrogen (secondary N) is 2. The molecule has 3 N–H and O–H groups in total. The van der Waals surface area contributed by atoms with Gasteiger partial charge in [0.15, 0.2) is 5.78 Å². The molecule has 0 heterocycles. The second kappa shape index (κ2) is 17.9. The van der Waals surface area contributed by atoms with Crippen LogP contribution in [0, 0.1) is 74.9 Å². The highest BCUT2D eigenvalue weighted by Gasteiger charge is 2.66. The van der Waals surface area contributed by atoms with Crippen LogP contribution >= 0.6 is 11.6 Å². The van der Waals surface area contributed by atoms with Gasteiger partial charge >= 0.3 is 5.97 Å². The lowest BCUT2D eigenvalue weighted by atomic mass is 9.35. The van der Waals surface area contributed by atoms with E-state index in [2.05, 4.69) is 59.2 Å². The van der Waals surface area contributed by atoms with Gasteiger partial charge < -0.3 is 15.7 Å². The molecule has 7 aliphatic rings. The summed E-state index contributed by atoms with van der Waals surface area (Å²) in [6.07, 6.45) is 20.1. The standard InChI is InChI=1S/C46H74N2O4.C7H5ClO/c1-28(2)39-36(50)26-45(22-23-48-27-46(47-8)17-10-9-11-18-46)21-15-34-31(40(39)45)12-13-38-43(34,6)20-16-37-42(4,5)30(14-19-44(37,38)7)24-35(49)32-25-33(29(32)3)41(51)52;8-7-3-1-6(5-9)2-4-7/h28-34,37-38,47-48H,9-27H2,1-8H3,(H,51,52);1-5H. The topological polar surface area (TPSA) is 113 Å². The van der Waals surface area contributed by atoms with Gasteiger partial charge in [-0.15, -0.1) is 0 Å². The molecule has 0 saturated heterocycles. The molecule has 0 amide bonds. The van der Waals surface area contributed by atoms with Crippen LogP contribution in [0.2, 0.25) is 5.02 Å². The first-order chi connectivity index (χ1) is 28.9. The second-order valence-electron chi connectivity index (χ2n) is 22.9. The van der Waals surface area contributed by atoms with Crippen molar-refractivity contribution in [2.75, 3.05) is 20.1 Å². The number of carboxylic acid groups (broad SMARTS) is 1. The van der Waals surface area contributed by atoms with Crippen LogP contribution in [-0.4, -0.2) is 54.6 Å². The number of fused-ring (bicyclic) bond motifs is 7. The molecule has 11 atom stereocenters. The molecule has 7 aliphatic carbocycles. The van der Waals surface area contributed by atoms with Crippen molar-refractivity contribution >= 4 is 35.4 Å². The predicted octanol–water partition coefficient (Wildman–Crippen LogP) is 11.6. The third-order valence-electron chi connectivity index (χ3n) is 19.5. The average molecular weight is 860 g/mol. The number of Topliss-reactive ketones (excluding diaryl/α,β-unsaturated/α-hetero) is 2. The van der Waals surface area contributed by atoms with Gasteiger partial charge in [0.25, 0.3) is 0 Å². The molecule has 6 saturated carbocycles. The number of allylic oxidation sites excluding steroid dienone is 2. The highest BCUT2D eigenvalue weighted by Crippen LogP contribution is 2.74. The van der Waals surface area contributed by atoms with Gasteiger partial charge in [0.1, 0.15) is 12.1 Å². The van der Waals surface area contributed by atoms with Crippen molar-refractivity contribution in [1.82, 2.24) is 10.6 Å². The summed E-state index contributed by atoms with van der Waals surface area (Å²) in [5, 5.41) is 17.8. The lowest BCUT2D eigenvalue weighted by Crippen LogP contribution is -2.62. The van der Waals surface area contributed by atoms with Crippen molar-refractivity contribution in [2.24, 2.45) is 74.9 Å². The molecule has 6 fully saturated rings. The number of halogens is 1. The molecule has 1 aromatic rings. The van der Waals surface area contributed by atoms with Crippen LogP contribution in [0.4, 0.5) is 0 Å². The van der Waals surface area contributed by atoms with Crippen LogP contribution in [0.3, 0.4) is 0 Å². The Hall–Kier alpha value is -2.35. The highest BCUT2D eigenvalue weighted by molar-refractivity contribution is 6.30. The van der Waals surface area contributed by atoms with E-state index >= 15 is 0 Å². The van der Waals surface area contributed by atoms with Gasteiger partial charge in [-0.3, -0.25) is 19.2 Å². The maximum absolute atomic E-state index is 14.0. The number of likely N-dealkylation sites (N-methyl/N-ethyl adjacent to an activating group) is 1. The zero-order valence-electron chi connectivity index (χ0n) is 39.0. The van der Waals surface area contributed by atoms with E-state index in [4.69, 9.17) is 11.6 Å². The highest BCUT2D eigenvalue weighted by atomic mass is 35.5. The lowest BCUT2D eigenvalue weighted by molar-refractivity contribution is -0.193.